The zero-order valence-electron chi connectivity index (χ0n) is 20.3. The molecule has 0 unspecified atom stereocenters. The van der Waals surface area contributed by atoms with Crippen molar-refractivity contribution in [2.45, 2.75) is 45.8 Å². The lowest BCUT2D eigenvalue weighted by atomic mass is 9.87. The normalized spacial score (nSPS) is 15.9. The highest BCUT2D eigenvalue weighted by atomic mass is 35.5. The first kappa shape index (κ1) is 24.8. The first-order valence-corrected chi connectivity index (χ1v) is 12.4. The van der Waals surface area contributed by atoms with E-state index in [1.165, 1.54) is 5.56 Å². The van der Waals surface area contributed by atoms with Crippen LogP contribution < -0.4 is 10.1 Å². The lowest BCUT2D eigenvalue weighted by Gasteiger charge is -2.38. The predicted molar refractivity (Wildman–Crippen MR) is 140 cm³/mol. The third-order valence-corrected chi connectivity index (χ3v) is 6.37. The van der Waals surface area contributed by atoms with Crippen LogP contribution in [0, 0.1) is 5.92 Å². The molecule has 3 aromatic rings. The molecule has 0 bridgehead atoms. The van der Waals surface area contributed by atoms with Gasteiger partial charge in [-0.05, 0) is 66.3 Å². The monoisotopic (exact) mass is 490 g/mol. The zero-order chi connectivity index (χ0) is 24.9. The van der Waals surface area contributed by atoms with Crippen LogP contribution in [-0.2, 0) is 16.0 Å². The van der Waals surface area contributed by atoms with Crippen LogP contribution in [0.4, 0.5) is 5.69 Å². The second kappa shape index (κ2) is 11.0. The van der Waals surface area contributed by atoms with E-state index in [1.807, 2.05) is 41.3 Å². The van der Waals surface area contributed by atoms with Crippen LogP contribution in [-0.4, -0.2) is 29.4 Å². The number of amides is 2. The fraction of sp³-hybridized carbons (Fsp3) is 0.310. The Balaban J connectivity index is 1.59. The molecule has 1 N–H and O–H groups in total. The number of nitrogens with one attached hydrogen (secondary N) is 1. The minimum Gasteiger partial charge on any atom is -0.481 e. The number of nitrogens with zero attached hydrogens (tertiary/aromatic N) is 1. The standard InChI is InChI=1S/C29H31ClN2O3/c1-19(2)16-27(33)32-15-14-21-12-13-25(18-26(21)28(32)22-8-5-4-6-9-22)35-20(3)29(34)31-24-11-7-10-23(30)17-24/h4-13,17-20,28H,14-16H2,1-3H3,(H,31,34)/t20-,28+/m1/s1. The number of hydrogen-bond donors (Lipinski definition) is 1. The molecular formula is C29H31ClN2O3. The topological polar surface area (TPSA) is 58.6 Å². The van der Waals surface area contributed by atoms with Crippen LogP contribution in [0.5, 0.6) is 5.75 Å². The number of fused-ring (bicyclic) bond motifs is 1. The second-order valence-electron chi connectivity index (χ2n) is 9.37. The highest BCUT2D eigenvalue weighted by Gasteiger charge is 2.32. The van der Waals surface area contributed by atoms with Gasteiger partial charge in [-0.15, -0.1) is 0 Å². The van der Waals surface area contributed by atoms with Crippen molar-refractivity contribution in [1.29, 1.82) is 0 Å². The molecule has 0 aromatic heterocycles. The summed E-state index contributed by atoms with van der Waals surface area (Å²) in [7, 11) is 0. The van der Waals surface area contributed by atoms with E-state index in [1.54, 1.807) is 31.2 Å². The molecule has 35 heavy (non-hydrogen) atoms. The minimum absolute atomic E-state index is 0.153. The van der Waals surface area contributed by atoms with Crippen LogP contribution in [0.1, 0.15) is 49.9 Å². The van der Waals surface area contributed by atoms with E-state index in [-0.39, 0.29) is 23.8 Å². The van der Waals surface area contributed by atoms with Gasteiger partial charge in [-0.25, -0.2) is 0 Å². The Labute approximate surface area is 212 Å². The molecule has 3 aromatic carbocycles. The second-order valence-corrected chi connectivity index (χ2v) is 9.81. The largest absolute Gasteiger partial charge is 0.481 e. The van der Waals surface area contributed by atoms with Crippen LogP contribution in [0.2, 0.25) is 5.02 Å². The number of benzene rings is 3. The molecule has 0 saturated heterocycles. The Bertz CT molecular complexity index is 1200. The molecule has 0 radical (unpaired) electrons. The van der Waals surface area contributed by atoms with Gasteiger partial charge < -0.3 is 15.0 Å². The Morgan fingerprint density at radius 2 is 1.80 bits per heavy atom. The maximum atomic E-state index is 13.2. The van der Waals surface area contributed by atoms with E-state index in [0.717, 1.165) is 17.5 Å². The fourth-order valence-corrected chi connectivity index (χ4v) is 4.65. The summed E-state index contributed by atoms with van der Waals surface area (Å²) >= 11 is 6.02. The fourth-order valence-electron chi connectivity index (χ4n) is 4.46. The summed E-state index contributed by atoms with van der Waals surface area (Å²) in [4.78, 5) is 27.9. The molecule has 182 valence electrons. The minimum atomic E-state index is -0.718. The number of hydrogen-bond acceptors (Lipinski definition) is 3. The van der Waals surface area contributed by atoms with Gasteiger partial charge in [-0.1, -0.05) is 67.9 Å². The summed E-state index contributed by atoms with van der Waals surface area (Å²) in [5.41, 5.74) is 3.91. The molecule has 0 spiro atoms. The van der Waals surface area contributed by atoms with Crippen molar-refractivity contribution in [1.82, 2.24) is 4.90 Å². The Hall–Kier alpha value is -3.31. The van der Waals surface area contributed by atoms with Crippen molar-refractivity contribution in [2.75, 3.05) is 11.9 Å². The first-order chi connectivity index (χ1) is 16.8. The summed E-state index contributed by atoms with van der Waals surface area (Å²) in [5, 5.41) is 3.39. The Morgan fingerprint density at radius 3 is 2.51 bits per heavy atom. The third-order valence-electron chi connectivity index (χ3n) is 6.14. The molecule has 0 saturated carbocycles. The van der Waals surface area contributed by atoms with Crippen LogP contribution in [0.3, 0.4) is 0 Å². The van der Waals surface area contributed by atoms with E-state index < -0.39 is 6.10 Å². The van der Waals surface area contributed by atoms with E-state index >= 15 is 0 Å². The molecule has 2 amide bonds. The van der Waals surface area contributed by atoms with E-state index in [9.17, 15) is 9.59 Å². The van der Waals surface area contributed by atoms with Gasteiger partial charge in [-0.3, -0.25) is 9.59 Å². The predicted octanol–water partition coefficient (Wildman–Crippen LogP) is 6.27. The maximum absolute atomic E-state index is 13.2. The van der Waals surface area contributed by atoms with Gasteiger partial charge in [0.05, 0.1) is 6.04 Å². The van der Waals surface area contributed by atoms with E-state index in [4.69, 9.17) is 16.3 Å². The van der Waals surface area contributed by atoms with Crippen molar-refractivity contribution < 1.29 is 14.3 Å². The van der Waals surface area contributed by atoms with Crippen molar-refractivity contribution in [3.8, 4) is 5.75 Å². The van der Waals surface area contributed by atoms with E-state index in [0.29, 0.717) is 29.4 Å². The average Bonchev–Trinajstić information content (AvgIpc) is 2.83. The molecule has 1 heterocycles. The highest BCUT2D eigenvalue weighted by molar-refractivity contribution is 6.30. The van der Waals surface area contributed by atoms with Gasteiger partial charge in [0, 0.05) is 23.7 Å². The van der Waals surface area contributed by atoms with Gasteiger partial charge in [0.25, 0.3) is 5.91 Å². The van der Waals surface area contributed by atoms with Gasteiger partial charge in [-0.2, -0.15) is 0 Å². The van der Waals surface area contributed by atoms with E-state index in [2.05, 4.69) is 31.3 Å². The summed E-state index contributed by atoms with van der Waals surface area (Å²) in [6.07, 6.45) is 0.577. The maximum Gasteiger partial charge on any atom is 0.265 e. The molecule has 4 rings (SSSR count). The first-order valence-electron chi connectivity index (χ1n) is 12.0. The molecule has 1 aliphatic heterocycles. The third kappa shape index (κ3) is 6.04. The summed E-state index contributed by atoms with van der Waals surface area (Å²) < 4.78 is 6.04. The zero-order valence-corrected chi connectivity index (χ0v) is 21.1. The molecule has 6 heteroatoms. The van der Waals surface area contributed by atoms with Gasteiger partial charge in [0.1, 0.15) is 5.75 Å². The van der Waals surface area contributed by atoms with Crippen molar-refractivity contribution in [3.63, 3.8) is 0 Å². The number of rotatable bonds is 7. The van der Waals surface area contributed by atoms with Crippen molar-refractivity contribution in [2.24, 2.45) is 5.92 Å². The number of carbonyl (C=O) groups excluding carboxylic acids is 2. The molecule has 0 aliphatic carbocycles. The lowest BCUT2D eigenvalue weighted by Crippen LogP contribution is -2.41. The van der Waals surface area contributed by atoms with Crippen LogP contribution >= 0.6 is 11.6 Å². The van der Waals surface area contributed by atoms with Gasteiger partial charge >= 0.3 is 0 Å². The SMILES string of the molecule is CC(C)CC(=O)N1CCc2ccc(O[C@H](C)C(=O)Nc3cccc(Cl)c3)cc2[C@@H]1c1ccccc1. The quantitative estimate of drug-likeness (QED) is 0.425. The number of ether oxygens (including phenoxy) is 1. The summed E-state index contributed by atoms with van der Waals surface area (Å²) in [5.74, 6) is 0.767. The van der Waals surface area contributed by atoms with Gasteiger partial charge in [0.2, 0.25) is 5.91 Å². The Morgan fingerprint density at radius 1 is 1.03 bits per heavy atom. The number of halogens is 1. The van der Waals surface area contributed by atoms with Crippen molar-refractivity contribution in [3.05, 3.63) is 94.5 Å². The summed E-state index contributed by atoms with van der Waals surface area (Å²) in [6.45, 7) is 6.52. The molecule has 2 atom stereocenters. The smallest absolute Gasteiger partial charge is 0.265 e. The molecular weight excluding hydrogens is 460 g/mol. The number of carbonyl (C=O) groups is 2. The van der Waals surface area contributed by atoms with Crippen LogP contribution in [0.25, 0.3) is 0 Å². The Kier molecular flexibility index (Phi) is 7.76. The van der Waals surface area contributed by atoms with Gasteiger partial charge in [0.15, 0.2) is 6.10 Å². The lowest BCUT2D eigenvalue weighted by molar-refractivity contribution is -0.134. The molecule has 0 fully saturated rings. The molecule has 1 aliphatic rings. The highest BCUT2D eigenvalue weighted by Crippen LogP contribution is 2.38. The summed E-state index contributed by atoms with van der Waals surface area (Å²) in [6, 6.07) is 22.8. The number of anilines is 1. The van der Waals surface area contributed by atoms with Crippen molar-refractivity contribution >= 4 is 29.1 Å². The average molecular weight is 491 g/mol. The van der Waals surface area contributed by atoms with Crippen LogP contribution in [0.15, 0.2) is 72.8 Å². The molecule has 5 nitrogen and oxygen atoms in total.